The molecule has 1 heterocycles. The number of nitrogens with zero attached hydrogens (tertiary/aromatic N) is 3. The summed E-state index contributed by atoms with van der Waals surface area (Å²) in [5.41, 5.74) is 10.9. The van der Waals surface area contributed by atoms with E-state index in [0.29, 0.717) is 12.8 Å². The zero-order chi connectivity index (χ0) is 15.9. The maximum Gasteiger partial charge on any atom is 0.220 e. The van der Waals surface area contributed by atoms with Gasteiger partial charge in [-0.3, -0.25) is 4.90 Å². The predicted molar refractivity (Wildman–Crippen MR) is 77.9 cm³/mol. The van der Waals surface area contributed by atoms with E-state index in [9.17, 15) is 13.2 Å². The molecule has 4 N–H and O–H groups in total. The van der Waals surface area contributed by atoms with Crippen LogP contribution in [0.5, 0.6) is 0 Å². The third-order valence-corrected chi connectivity index (χ3v) is 4.08. The molecule has 0 unspecified atom stereocenters. The van der Waals surface area contributed by atoms with Gasteiger partial charge in [0.2, 0.25) is 11.9 Å². The SMILES string of the molecule is NC1=NC2(CCCCC2)N(c2cc(F)c(F)c(F)c2)C(N)=N1. The first-order valence-electron chi connectivity index (χ1n) is 7.07. The van der Waals surface area contributed by atoms with Crippen molar-refractivity contribution in [2.24, 2.45) is 21.5 Å². The molecule has 3 rings (SSSR count). The van der Waals surface area contributed by atoms with Gasteiger partial charge in [-0.15, -0.1) is 0 Å². The first-order chi connectivity index (χ1) is 10.4. The maximum absolute atomic E-state index is 13.6. The van der Waals surface area contributed by atoms with Crippen molar-refractivity contribution in [2.45, 2.75) is 37.8 Å². The Bertz CT molecular complexity index is 641. The number of hydrogen-bond acceptors (Lipinski definition) is 5. The number of halogens is 3. The van der Waals surface area contributed by atoms with Crippen LogP contribution in [0.1, 0.15) is 32.1 Å². The maximum atomic E-state index is 13.6. The molecular weight excluding hydrogens is 295 g/mol. The van der Waals surface area contributed by atoms with Crippen molar-refractivity contribution in [3.05, 3.63) is 29.6 Å². The lowest BCUT2D eigenvalue weighted by Crippen LogP contribution is -2.58. The summed E-state index contributed by atoms with van der Waals surface area (Å²) >= 11 is 0. The summed E-state index contributed by atoms with van der Waals surface area (Å²) in [5, 5.41) is 0. The molecule has 118 valence electrons. The fraction of sp³-hybridized carbons (Fsp3) is 0.429. The molecule has 0 saturated heterocycles. The highest BCUT2D eigenvalue weighted by Crippen LogP contribution is 2.39. The smallest absolute Gasteiger partial charge is 0.220 e. The number of anilines is 1. The molecule has 0 aromatic heterocycles. The minimum absolute atomic E-state index is 0.000178. The first kappa shape index (κ1) is 14.7. The van der Waals surface area contributed by atoms with Crippen LogP contribution in [-0.2, 0) is 0 Å². The molecule has 22 heavy (non-hydrogen) atoms. The molecule has 2 aliphatic rings. The van der Waals surface area contributed by atoms with Gasteiger partial charge in [-0.25, -0.2) is 18.2 Å². The number of guanidine groups is 2. The fourth-order valence-corrected chi connectivity index (χ4v) is 3.17. The van der Waals surface area contributed by atoms with Crippen LogP contribution in [0, 0.1) is 17.5 Å². The van der Waals surface area contributed by atoms with E-state index in [-0.39, 0.29) is 17.6 Å². The van der Waals surface area contributed by atoms with E-state index < -0.39 is 23.1 Å². The van der Waals surface area contributed by atoms with Crippen LogP contribution < -0.4 is 16.4 Å². The van der Waals surface area contributed by atoms with Gasteiger partial charge < -0.3 is 11.5 Å². The van der Waals surface area contributed by atoms with Crippen LogP contribution in [0.2, 0.25) is 0 Å². The largest absolute Gasteiger partial charge is 0.369 e. The second-order valence-corrected chi connectivity index (χ2v) is 5.54. The van der Waals surface area contributed by atoms with Gasteiger partial charge in [-0.2, -0.15) is 4.99 Å². The average molecular weight is 311 g/mol. The molecule has 0 radical (unpaired) electrons. The molecule has 1 spiro atoms. The Kier molecular flexibility index (Phi) is 3.46. The highest BCUT2D eigenvalue weighted by molar-refractivity contribution is 6.05. The lowest BCUT2D eigenvalue weighted by Gasteiger charge is -2.45. The van der Waals surface area contributed by atoms with Gasteiger partial charge in [0.05, 0.1) is 5.69 Å². The zero-order valence-electron chi connectivity index (χ0n) is 11.8. The van der Waals surface area contributed by atoms with Crippen molar-refractivity contribution in [2.75, 3.05) is 4.90 Å². The summed E-state index contributed by atoms with van der Waals surface area (Å²) < 4.78 is 40.3. The number of nitrogens with two attached hydrogens (primary N) is 2. The Morgan fingerprint density at radius 3 is 2.18 bits per heavy atom. The van der Waals surface area contributed by atoms with E-state index in [1.807, 2.05) is 0 Å². The normalized spacial score (nSPS) is 20.8. The minimum atomic E-state index is -1.52. The predicted octanol–water partition coefficient (Wildman–Crippen LogP) is 2.21. The van der Waals surface area contributed by atoms with Crippen molar-refractivity contribution in [3.63, 3.8) is 0 Å². The van der Waals surface area contributed by atoms with Crippen molar-refractivity contribution in [1.82, 2.24) is 0 Å². The molecule has 1 saturated carbocycles. The highest BCUT2D eigenvalue weighted by Gasteiger charge is 2.43. The van der Waals surface area contributed by atoms with E-state index in [2.05, 4.69) is 9.98 Å². The van der Waals surface area contributed by atoms with Crippen LogP contribution >= 0.6 is 0 Å². The van der Waals surface area contributed by atoms with Crippen LogP contribution in [0.4, 0.5) is 18.9 Å². The van der Waals surface area contributed by atoms with Crippen LogP contribution in [0.15, 0.2) is 22.1 Å². The Balaban J connectivity index is 2.12. The van der Waals surface area contributed by atoms with E-state index in [0.717, 1.165) is 31.4 Å². The molecule has 1 aromatic carbocycles. The van der Waals surface area contributed by atoms with E-state index in [1.54, 1.807) is 0 Å². The summed E-state index contributed by atoms with van der Waals surface area (Å²) in [6.45, 7) is 0. The summed E-state index contributed by atoms with van der Waals surface area (Å²) in [6.07, 6.45) is 4.06. The second kappa shape index (κ2) is 5.19. The van der Waals surface area contributed by atoms with Crippen molar-refractivity contribution in [3.8, 4) is 0 Å². The second-order valence-electron chi connectivity index (χ2n) is 5.54. The zero-order valence-corrected chi connectivity index (χ0v) is 11.8. The Morgan fingerprint density at radius 1 is 1.00 bits per heavy atom. The lowest BCUT2D eigenvalue weighted by atomic mass is 9.87. The van der Waals surface area contributed by atoms with Crippen LogP contribution in [0.25, 0.3) is 0 Å². The van der Waals surface area contributed by atoms with E-state index in [1.165, 1.54) is 4.90 Å². The fourth-order valence-electron chi connectivity index (χ4n) is 3.17. The summed E-state index contributed by atoms with van der Waals surface area (Å²) in [7, 11) is 0. The molecule has 0 bridgehead atoms. The van der Waals surface area contributed by atoms with E-state index in [4.69, 9.17) is 11.5 Å². The number of aliphatic imine (C=N–C) groups is 2. The molecule has 1 aliphatic carbocycles. The summed E-state index contributed by atoms with van der Waals surface area (Å²) in [5.74, 6) is -4.04. The Hall–Kier alpha value is -2.25. The van der Waals surface area contributed by atoms with Crippen molar-refractivity contribution in [1.29, 1.82) is 0 Å². The summed E-state index contributed by atoms with van der Waals surface area (Å²) in [6, 6.07) is 1.79. The molecule has 0 amide bonds. The summed E-state index contributed by atoms with van der Waals surface area (Å²) in [4.78, 5) is 9.71. The van der Waals surface area contributed by atoms with Gasteiger partial charge in [0.25, 0.3) is 0 Å². The molecule has 1 aliphatic heterocycles. The average Bonchev–Trinajstić information content (AvgIpc) is 2.44. The lowest BCUT2D eigenvalue weighted by molar-refractivity contribution is 0.305. The van der Waals surface area contributed by atoms with Gasteiger partial charge in [0.1, 0.15) is 5.66 Å². The number of hydrogen-bond donors (Lipinski definition) is 2. The van der Waals surface area contributed by atoms with Gasteiger partial charge >= 0.3 is 0 Å². The number of rotatable bonds is 1. The molecular formula is C14H16F3N5. The molecule has 5 nitrogen and oxygen atoms in total. The minimum Gasteiger partial charge on any atom is -0.369 e. The highest BCUT2D eigenvalue weighted by atomic mass is 19.2. The van der Waals surface area contributed by atoms with Crippen LogP contribution in [-0.4, -0.2) is 17.6 Å². The van der Waals surface area contributed by atoms with Gasteiger partial charge in [0.15, 0.2) is 17.5 Å². The first-order valence-corrected chi connectivity index (χ1v) is 7.07. The number of benzene rings is 1. The Labute approximate surface area is 125 Å². The third-order valence-electron chi connectivity index (χ3n) is 4.08. The van der Waals surface area contributed by atoms with Crippen molar-refractivity contribution < 1.29 is 13.2 Å². The van der Waals surface area contributed by atoms with Gasteiger partial charge in [-0.05, 0) is 25.7 Å². The van der Waals surface area contributed by atoms with E-state index >= 15 is 0 Å². The topological polar surface area (TPSA) is 80.0 Å². The van der Waals surface area contributed by atoms with Gasteiger partial charge in [-0.1, -0.05) is 6.42 Å². The molecule has 0 atom stereocenters. The van der Waals surface area contributed by atoms with Crippen LogP contribution in [0.3, 0.4) is 0 Å². The quantitative estimate of drug-likeness (QED) is 0.780. The molecule has 1 fully saturated rings. The monoisotopic (exact) mass is 311 g/mol. The molecule has 1 aromatic rings. The third kappa shape index (κ3) is 2.28. The van der Waals surface area contributed by atoms with Crippen molar-refractivity contribution >= 4 is 17.6 Å². The Morgan fingerprint density at radius 2 is 1.59 bits per heavy atom. The molecule has 8 heteroatoms. The standard InChI is InChI=1S/C14H16F3N5/c15-9-6-8(7-10(16)11(9)17)22-13(19)20-12(18)21-14(22)4-2-1-3-5-14/h6-7H,1-5H2,(H4,18,19,20,21). The van der Waals surface area contributed by atoms with Gasteiger partial charge in [0, 0.05) is 12.1 Å².